The van der Waals surface area contributed by atoms with E-state index in [9.17, 15) is 17.6 Å². The first-order chi connectivity index (χ1) is 13.3. The van der Waals surface area contributed by atoms with Crippen molar-refractivity contribution in [3.8, 4) is 11.1 Å². The third-order valence-electron chi connectivity index (χ3n) is 4.39. The Morgan fingerprint density at radius 1 is 0.929 bits per heavy atom. The fourth-order valence-electron chi connectivity index (χ4n) is 3.13. The topological polar surface area (TPSA) is 38.9 Å². The van der Waals surface area contributed by atoms with Crippen LogP contribution in [0.3, 0.4) is 0 Å². The van der Waals surface area contributed by atoms with E-state index in [2.05, 4.69) is 4.98 Å². The second-order valence-corrected chi connectivity index (χ2v) is 7.49. The Labute approximate surface area is 162 Å². The van der Waals surface area contributed by atoms with Crippen LogP contribution in [0.4, 0.5) is 22.7 Å². The molecule has 0 saturated carbocycles. The second-order valence-electron chi connectivity index (χ2n) is 6.42. The highest BCUT2D eigenvalue weighted by molar-refractivity contribution is 7.22. The van der Waals surface area contributed by atoms with Gasteiger partial charge in [0.15, 0.2) is 5.13 Å². The minimum absolute atomic E-state index is 0.320. The summed E-state index contributed by atoms with van der Waals surface area (Å²) in [5.41, 5.74) is 8.49. The molecule has 4 rings (SSSR count). The van der Waals surface area contributed by atoms with Gasteiger partial charge in [0.2, 0.25) is 0 Å². The molecule has 7 heteroatoms. The van der Waals surface area contributed by atoms with Crippen LogP contribution >= 0.6 is 11.3 Å². The van der Waals surface area contributed by atoms with Crippen molar-refractivity contribution in [2.45, 2.75) is 12.6 Å². The normalized spacial score (nSPS) is 11.9. The Morgan fingerprint density at radius 3 is 2.39 bits per heavy atom. The Balaban J connectivity index is 1.84. The lowest BCUT2D eigenvalue weighted by molar-refractivity contribution is -0.137. The number of halogens is 4. The van der Waals surface area contributed by atoms with Crippen LogP contribution in [-0.4, -0.2) is 4.98 Å². The van der Waals surface area contributed by atoms with Gasteiger partial charge in [-0.15, -0.1) is 0 Å². The number of thiazole rings is 1. The Morgan fingerprint density at radius 2 is 1.68 bits per heavy atom. The monoisotopic (exact) mass is 402 g/mol. The zero-order valence-electron chi connectivity index (χ0n) is 14.4. The van der Waals surface area contributed by atoms with E-state index in [-0.39, 0.29) is 5.82 Å². The zero-order chi connectivity index (χ0) is 19.9. The molecule has 0 spiro atoms. The van der Waals surface area contributed by atoms with Gasteiger partial charge in [-0.2, -0.15) is 13.2 Å². The number of alkyl halides is 3. The van der Waals surface area contributed by atoms with Crippen LogP contribution in [-0.2, 0) is 12.6 Å². The highest BCUT2D eigenvalue weighted by Crippen LogP contribution is 2.37. The molecule has 0 amide bonds. The van der Waals surface area contributed by atoms with Crippen molar-refractivity contribution in [3.05, 3.63) is 83.2 Å². The molecule has 0 bridgehead atoms. The Hall–Kier alpha value is -2.93. The largest absolute Gasteiger partial charge is 0.416 e. The van der Waals surface area contributed by atoms with Gasteiger partial charge >= 0.3 is 6.18 Å². The molecule has 4 aromatic rings. The van der Waals surface area contributed by atoms with Crippen LogP contribution in [0.25, 0.3) is 21.3 Å². The fourth-order valence-corrected chi connectivity index (χ4v) is 3.95. The molecule has 0 fully saturated rings. The first kappa shape index (κ1) is 18.4. The second kappa shape index (κ2) is 6.91. The van der Waals surface area contributed by atoms with E-state index in [1.54, 1.807) is 18.2 Å². The molecule has 0 aliphatic carbocycles. The molecule has 2 nitrogen and oxygen atoms in total. The average Bonchev–Trinajstić information content (AvgIpc) is 3.02. The summed E-state index contributed by atoms with van der Waals surface area (Å²) in [6, 6.07) is 15.0. The van der Waals surface area contributed by atoms with Gasteiger partial charge < -0.3 is 5.73 Å². The number of fused-ring (bicyclic) bond motifs is 1. The lowest BCUT2D eigenvalue weighted by Crippen LogP contribution is -2.04. The zero-order valence-corrected chi connectivity index (χ0v) is 15.2. The number of hydrogen-bond donors (Lipinski definition) is 1. The summed E-state index contributed by atoms with van der Waals surface area (Å²) in [6.07, 6.45) is -3.91. The summed E-state index contributed by atoms with van der Waals surface area (Å²) in [7, 11) is 0. The van der Waals surface area contributed by atoms with Crippen LogP contribution in [0, 0.1) is 5.82 Å². The molecule has 1 heterocycles. The quantitative estimate of drug-likeness (QED) is 0.409. The number of nitrogens with two attached hydrogens (primary N) is 1. The van der Waals surface area contributed by atoms with Crippen LogP contribution in [0.5, 0.6) is 0 Å². The van der Waals surface area contributed by atoms with E-state index >= 15 is 0 Å². The lowest BCUT2D eigenvalue weighted by Gasteiger charge is -2.11. The van der Waals surface area contributed by atoms with Crippen LogP contribution in [0.15, 0.2) is 60.7 Å². The van der Waals surface area contributed by atoms with Gasteiger partial charge in [0, 0.05) is 5.56 Å². The summed E-state index contributed by atoms with van der Waals surface area (Å²) < 4.78 is 53.4. The van der Waals surface area contributed by atoms with E-state index in [0.29, 0.717) is 28.2 Å². The van der Waals surface area contributed by atoms with E-state index in [4.69, 9.17) is 5.73 Å². The molecular formula is C21H14F4N2S. The number of rotatable bonds is 3. The summed E-state index contributed by atoms with van der Waals surface area (Å²) in [5.74, 6) is -0.320. The first-order valence-corrected chi connectivity index (χ1v) is 9.22. The van der Waals surface area contributed by atoms with Crippen molar-refractivity contribution in [1.82, 2.24) is 4.98 Å². The predicted molar refractivity (Wildman–Crippen MR) is 104 cm³/mol. The summed E-state index contributed by atoms with van der Waals surface area (Å²) >= 11 is 1.28. The van der Waals surface area contributed by atoms with E-state index in [1.165, 1.54) is 29.5 Å². The maximum Gasteiger partial charge on any atom is 0.416 e. The standard InChI is InChI=1S/C21H14F4N2S/c22-16-6-4-12(5-7-16)8-13-9-17(19-18(10-13)28-20(26)27-19)14-2-1-3-15(11-14)21(23,24)25/h1-7,9-11H,8H2,(H2,26,27). The lowest BCUT2D eigenvalue weighted by atomic mass is 9.97. The van der Waals surface area contributed by atoms with Gasteiger partial charge in [-0.05, 0) is 59.5 Å². The highest BCUT2D eigenvalue weighted by Gasteiger charge is 2.30. The molecule has 28 heavy (non-hydrogen) atoms. The summed E-state index contributed by atoms with van der Waals surface area (Å²) in [4.78, 5) is 4.31. The molecule has 1 aromatic heterocycles. The predicted octanol–water partition coefficient (Wildman–Crippen LogP) is 6.29. The summed E-state index contributed by atoms with van der Waals surface area (Å²) in [5, 5.41) is 0.349. The molecule has 0 unspecified atom stereocenters. The van der Waals surface area contributed by atoms with Gasteiger partial charge in [-0.1, -0.05) is 35.6 Å². The van der Waals surface area contributed by atoms with Crippen LogP contribution in [0.1, 0.15) is 16.7 Å². The minimum Gasteiger partial charge on any atom is -0.375 e. The maximum absolute atomic E-state index is 13.1. The van der Waals surface area contributed by atoms with E-state index < -0.39 is 11.7 Å². The number of benzene rings is 3. The molecule has 0 saturated heterocycles. The van der Waals surface area contributed by atoms with Crippen LogP contribution < -0.4 is 5.73 Å². The molecule has 142 valence electrons. The summed E-state index contributed by atoms with van der Waals surface area (Å²) in [6.45, 7) is 0. The number of nitrogens with zero attached hydrogens (tertiary/aromatic N) is 1. The van der Waals surface area contributed by atoms with Crippen molar-refractivity contribution in [2.24, 2.45) is 0 Å². The SMILES string of the molecule is Nc1nc2c(-c3cccc(C(F)(F)F)c3)cc(Cc3ccc(F)cc3)cc2s1. The third-order valence-corrected chi connectivity index (χ3v) is 5.23. The van der Waals surface area contributed by atoms with Crippen molar-refractivity contribution in [3.63, 3.8) is 0 Å². The maximum atomic E-state index is 13.1. The number of anilines is 1. The van der Waals surface area contributed by atoms with Crippen molar-refractivity contribution < 1.29 is 17.6 Å². The molecule has 3 aromatic carbocycles. The van der Waals surface area contributed by atoms with Gasteiger partial charge in [0.05, 0.1) is 15.8 Å². The van der Waals surface area contributed by atoms with Crippen molar-refractivity contribution >= 4 is 26.7 Å². The smallest absolute Gasteiger partial charge is 0.375 e. The molecule has 2 N–H and O–H groups in total. The highest BCUT2D eigenvalue weighted by atomic mass is 32.1. The molecule has 0 atom stereocenters. The molecule has 0 aliphatic rings. The van der Waals surface area contributed by atoms with Crippen molar-refractivity contribution in [2.75, 3.05) is 5.73 Å². The average molecular weight is 402 g/mol. The van der Waals surface area contributed by atoms with Crippen molar-refractivity contribution in [1.29, 1.82) is 0 Å². The first-order valence-electron chi connectivity index (χ1n) is 8.40. The Kier molecular flexibility index (Phi) is 4.55. The number of hydrogen-bond acceptors (Lipinski definition) is 3. The number of nitrogen functional groups attached to an aromatic ring is 1. The molecule has 0 aliphatic heterocycles. The number of aromatic nitrogens is 1. The van der Waals surface area contributed by atoms with Gasteiger partial charge in [0.25, 0.3) is 0 Å². The van der Waals surface area contributed by atoms with E-state index in [0.717, 1.165) is 28.0 Å². The molecular weight excluding hydrogens is 388 g/mol. The van der Waals surface area contributed by atoms with Crippen LogP contribution in [0.2, 0.25) is 0 Å². The minimum atomic E-state index is -4.43. The van der Waals surface area contributed by atoms with Gasteiger partial charge in [0.1, 0.15) is 5.82 Å². The van der Waals surface area contributed by atoms with E-state index in [1.807, 2.05) is 12.1 Å². The molecule has 0 radical (unpaired) electrons. The third kappa shape index (κ3) is 3.71. The van der Waals surface area contributed by atoms with Gasteiger partial charge in [-0.25, -0.2) is 9.37 Å². The van der Waals surface area contributed by atoms with Gasteiger partial charge in [-0.3, -0.25) is 0 Å². The Bertz CT molecular complexity index is 1150. The fraction of sp³-hybridized carbons (Fsp3) is 0.0952.